The molecule has 7 heteroatoms. The number of hydrogen-bond acceptors (Lipinski definition) is 4. The molecule has 1 aliphatic rings. The number of sulfonamides is 1. The number of carbonyl (C=O) groups excluding carboxylic acids is 1. The molecule has 0 aromatic heterocycles. The van der Waals surface area contributed by atoms with Gasteiger partial charge >= 0.3 is 0 Å². The van der Waals surface area contributed by atoms with E-state index in [1.54, 1.807) is 12.1 Å². The quantitative estimate of drug-likeness (QED) is 0.857. The second-order valence-corrected chi connectivity index (χ2v) is 7.94. The maximum absolute atomic E-state index is 12.4. The van der Waals surface area contributed by atoms with Gasteiger partial charge in [-0.15, -0.1) is 0 Å². The molecule has 128 valence electrons. The number of carbonyl (C=O) groups is 1. The Morgan fingerprint density at radius 1 is 1.17 bits per heavy atom. The van der Waals surface area contributed by atoms with Gasteiger partial charge in [0.25, 0.3) is 0 Å². The summed E-state index contributed by atoms with van der Waals surface area (Å²) >= 11 is 0. The minimum Gasteiger partial charge on any atom is -0.326 e. The number of likely N-dealkylation sites (tertiary alicyclic amines) is 1. The van der Waals surface area contributed by atoms with Crippen LogP contribution in [0.15, 0.2) is 29.2 Å². The minimum atomic E-state index is -3.52. The molecule has 1 aromatic rings. The lowest BCUT2D eigenvalue weighted by molar-refractivity contribution is -0.114. The van der Waals surface area contributed by atoms with E-state index in [-0.39, 0.29) is 16.8 Å². The molecule has 1 aromatic carbocycles. The summed E-state index contributed by atoms with van der Waals surface area (Å²) < 4.78 is 27.7. The minimum absolute atomic E-state index is 0.0231. The summed E-state index contributed by atoms with van der Waals surface area (Å²) in [7, 11) is -3.52. The standard InChI is InChI=1S/C16H25N3O3S/c1-12(2)19-10-8-15(9-11-19)18-23(21,22)16-6-4-14(5-7-16)17-13(3)20/h4-7,12,15,18H,8-11H2,1-3H3,(H,17,20). The number of nitrogens with one attached hydrogen (secondary N) is 2. The first-order valence-corrected chi connectivity index (χ1v) is 9.40. The van der Waals surface area contributed by atoms with Crippen LogP contribution >= 0.6 is 0 Å². The highest BCUT2D eigenvalue weighted by atomic mass is 32.2. The molecule has 1 amide bonds. The zero-order valence-corrected chi connectivity index (χ0v) is 14.7. The average molecular weight is 339 g/mol. The molecule has 0 atom stereocenters. The number of benzene rings is 1. The molecule has 1 saturated heterocycles. The van der Waals surface area contributed by atoms with Crippen LogP contribution in [0.25, 0.3) is 0 Å². The van der Waals surface area contributed by atoms with Gasteiger partial charge in [-0.2, -0.15) is 0 Å². The summed E-state index contributed by atoms with van der Waals surface area (Å²) in [5.41, 5.74) is 0.585. The lowest BCUT2D eigenvalue weighted by Crippen LogP contribution is -2.46. The SMILES string of the molecule is CC(=O)Nc1ccc(S(=O)(=O)NC2CCN(C(C)C)CC2)cc1. The predicted octanol–water partition coefficient (Wildman–Crippen LogP) is 1.80. The van der Waals surface area contributed by atoms with Crippen LogP contribution in [0.2, 0.25) is 0 Å². The van der Waals surface area contributed by atoms with Crippen molar-refractivity contribution in [2.45, 2.75) is 50.6 Å². The maximum Gasteiger partial charge on any atom is 0.240 e. The Balaban J connectivity index is 1.98. The van der Waals surface area contributed by atoms with Crippen LogP contribution in [0.1, 0.15) is 33.6 Å². The van der Waals surface area contributed by atoms with Crippen LogP contribution in [0.3, 0.4) is 0 Å². The molecule has 0 radical (unpaired) electrons. The molecule has 0 aliphatic carbocycles. The first-order chi connectivity index (χ1) is 10.8. The van der Waals surface area contributed by atoms with Gasteiger partial charge in [-0.05, 0) is 64.0 Å². The Kier molecular flexibility index (Phi) is 5.78. The van der Waals surface area contributed by atoms with E-state index in [1.807, 2.05) is 0 Å². The highest BCUT2D eigenvalue weighted by Crippen LogP contribution is 2.18. The largest absolute Gasteiger partial charge is 0.326 e. The Bertz CT molecular complexity index is 633. The monoisotopic (exact) mass is 339 g/mol. The second kappa shape index (κ2) is 7.42. The van der Waals surface area contributed by atoms with Crippen LogP contribution in [0, 0.1) is 0 Å². The molecule has 2 N–H and O–H groups in total. The molecular weight excluding hydrogens is 314 g/mol. The Labute approximate surface area is 138 Å². The summed E-state index contributed by atoms with van der Waals surface area (Å²) in [5.74, 6) is -0.185. The van der Waals surface area contributed by atoms with Gasteiger partial charge in [-0.25, -0.2) is 13.1 Å². The van der Waals surface area contributed by atoms with Crippen molar-refractivity contribution < 1.29 is 13.2 Å². The van der Waals surface area contributed by atoms with Gasteiger partial charge in [0.15, 0.2) is 0 Å². The number of rotatable bonds is 5. The van der Waals surface area contributed by atoms with Gasteiger partial charge in [0, 0.05) is 24.7 Å². The molecule has 23 heavy (non-hydrogen) atoms. The van der Waals surface area contributed by atoms with Crippen LogP contribution in [0.4, 0.5) is 5.69 Å². The van der Waals surface area contributed by atoms with Crippen molar-refractivity contribution in [1.82, 2.24) is 9.62 Å². The van der Waals surface area contributed by atoms with Gasteiger partial charge in [0.2, 0.25) is 15.9 Å². The summed E-state index contributed by atoms with van der Waals surface area (Å²) in [6, 6.07) is 6.68. The van der Waals surface area contributed by atoms with Crippen molar-refractivity contribution in [3.8, 4) is 0 Å². The van der Waals surface area contributed by atoms with Crippen molar-refractivity contribution in [3.63, 3.8) is 0 Å². The smallest absolute Gasteiger partial charge is 0.240 e. The molecular formula is C16H25N3O3S. The number of hydrogen-bond donors (Lipinski definition) is 2. The molecule has 0 unspecified atom stereocenters. The van der Waals surface area contributed by atoms with Crippen molar-refractivity contribution in [3.05, 3.63) is 24.3 Å². The summed E-state index contributed by atoms with van der Waals surface area (Å²) in [6.07, 6.45) is 1.64. The normalized spacial score (nSPS) is 17.4. The van der Waals surface area contributed by atoms with Gasteiger partial charge in [-0.1, -0.05) is 0 Å². The van der Waals surface area contributed by atoms with Gasteiger partial charge in [0.05, 0.1) is 4.90 Å². The molecule has 1 heterocycles. The van der Waals surface area contributed by atoms with E-state index in [0.717, 1.165) is 25.9 Å². The third-order valence-corrected chi connectivity index (χ3v) is 5.60. The maximum atomic E-state index is 12.4. The zero-order chi connectivity index (χ0) is 17.0. The third-order valence-electron chi connectivity index (χ3n) is 4.07. The molecule has 2 rings (SSSR count). The first kappa shape index (κ1) is 17.9. The first-order valence-electron chi connectivity index (χ1n) is 7.92. The summed E-state index contributed by atoms with van der Waals surface area (Å²) in [5, 5.41) is 2.62. The van der Waals surface area contributed by atoms with E-state index in [0.29, 0.717) is 11.7 Å². The van der Waals surface area contributed by atoms with Crippen molar-refractivity contribution in [2.75, 3.05) is 18.4 Å². The molecule has 0 bridgehead atoms. The third kappa shape index (κ3) is 5.02. The molecule has 0 saturated carbocycles. The van der Waals surface area contributed by atoms with E-state index in [4.69, 9.17) is 0 Å². The highest BCUT2D eigenvalue weighted by Gasteiger charge is 2.25. The number of amides is 1. The van der Waals surface area contributed by atoms with E-state index in [1.165, 1.54) is 19.1 Å². The predicted molar refractivity (Wildman–Crippen MR) is 90.8 cm³/mol. The molecule has 6 nitrogen and oxygen atoms in total. The fourth-order valence-corrected chi connectivity index (χ4v) is 4.05. The van der Waals surface area contributed by atoms with Crippen molar-refractivity contribution in [2.24, 2.45) is 0 Å². The lowest BCUT2D eigenvalue weighted by Gasteiger charge is -2.34. The number of piperidine rings is 1. The van der Waals surface area contributed by atoms with Crippen molar-refractivity contribution >= 4 is 21.6 Å². The zero-order valence-electron chi connectivity index (χ0n) is 13.9. The second-order valence-electron chi connectivity index (χ2n) is 6.23. The highest BCUT2D eigenvalue weighted by molar-refractivity contribution is 7.89. The number of anilines is 1. The van der Waals surface area contributed by atoms with Crippen LogP contribution in [-0.2, 0) is 14.8 Å². The fraction of sp³-hybridized carbons (Fsp3) is 0.562. The Morgan fingerprint density at radius 3 is 2.22 bits per heavy atom. The van der Waals surface area contributed by atoms with Crippen LogP contribution in [0.5, 0.6) is 0 Å². The molecule has 1 aliphatic heterocycles. The van der Waals surface area contributed by atoms with Crippen LogP contribution < -0.4 is 10.0 Å². The van der Waals surface area contributed by atoms with Crippen LogP contribution in [-0.4, -0.2) is 44.4 Å². The van der Waals surface area contributed by atoms with E-state index >= 15 is 0 Å². The fourth-order valence-electron chi connectivity index (χ4n) is 2.74. The van der Waals surface area contributed by atoms with Gasteiger partial charge in [-0.3, -0.25) is 4.79 Å². The summed E-state index contributed by atoms with van der Waals surface area (Å²) in [4.78, 5) is 13.6. The lowest BCUT2D eigenvalue weighted by atomic mass is 10.1. The van der Waals surface area contributed by atoms with Crippen molar-refractivity contribution in [1.29, 1.82) is 0 Å². The topological polar surface area (TPSA) is 78.5 Å². The average Bonchev–Trinajstić information content (AvgIpc) is 2.47. The van der Waals surface area contributed by atoms with Gasteiger partial charge in [0.1, 0.15) is 0 Å². The molecule has 0 spiro atoms. The van der Waals surface area contributed by atoms with E-state index in [2.05, 4.69) is 28.8 Å². The summed E-state index contributed by atoms with van der Waals surface area (Å²) in [6.45, 7) is 7.54. The Hall–Kier alpha value is -1.44. The van der Waals surface area contributed by atoms with Gasteiger partial charge < -0.3 is 10.2 Å². The molecule has 1 fully saturated rings. The number of nitrogens with zero attached hydrogens (tertiary/aromatic N) is 1. The Morgan fingerprint density at radius 2 is 1.74 bits per heavy atom. The van der Waals surface area contributed by atoms with E-state index in [9.17, 15) is 13.2 Å². The van der Waals surface area contributed by atoms with E-state index < -0.39 is 10.0 Å².